The number of hydrogen-bond acceptors (Lipinski definition) is 5. The number of sulfonamides is 1. The molecule has 0 saturated carbocycles. The first-order valence-corrected chi connectivity index (χ1v) is 9.07. The molecule has 0 aliphatic carbocycles. The zero-order chi connectivity index (χ0) is 13.9. The molecule has 2 heterocycles. The van der Waals surface area contributed by atoms with Gasteiger partial charge in [-0.1, -0.05) is 6.07 Å². The molecule has 1 saturated heterocycles. The van der Waals surface area contributed by atoms with Crippen LogP contribution in [0.1, 0.15) is 17.8 Å². The monoisotopic (exact) mass is 304 g/mol. The summed E-state index contributed by atoms with van der Waals surface area (Å²) >= 11 is 1.66. The Hall–Kier alpha value is -0.470. The van der Waals surface area contributed by atoms with E-state index in [0.717, 1.165) is 13.1 Å². The number of rotatable bonds is 5. The van der Waals surface area contributed by atoms with E-state index >= 15 is 0 Å². The third-order valence-electron chi connectivity index (χ3n) is 3.15. The van der Waals surface area contributed by atoms with E-state index in [9.17, 15) is 8.42 Å². The molecule has 1 aromatic heterocycles. The lowest BCUT2D eigenvalue weighted by Crippen LogP contribution is -2.47. The van der Waals surface area contributed by atoms with Crippen molar-refractivity contribution < 1.29 is 13.2 Å². The molecular weight excluding hydrogens is 284 g/mol. The van der Waals surface area contributed by atoms with Crippen molar-refractivity contribution in [2.24, 2.45) is 0 Å². The molecule has 2 unspecified atom stereocenters. The van der Waals surface area contributed by atoms with Gasteiger partial charge in [0.25, 0.3) is 0 Å². The molecule has 1 aliphatic rings. The van der Waals surface area contributed by atoms with Crippen molar-refractivity contribution in [3.05, 3.63) is 22.4 Å². The van der Waals surface area contributed by atoms with Gasteiger partial charge in [-0.15, -0.1) is 11.3 Å². The Morgan fingerprint density at radius 2 is 2.11 bits per heavy atom. The van der Waals surface area contributed by atoms with Gasteiger partial charge in [0, 0.05) is 24.0 Å². The van der Waals surface area contributed by atoms with Gasteiger partial charge in [0.05, 0.1) is 25.5 Å². The topological polar surface area (TPSA) is 58.6 Å². The zero-order valence-corrected chi connectivity index (χ0v) is 12.8. The molecule has 1 N–H and O–H groups in total. The SMILES string of the molecule is CC(NS(C)(=O)=O)C(c1cccs1)N1CCOCC1. The minimum absolute atomic E-state index is 0.0682. The highest BCUT2D eigenvalue weighted by atomic mass is 32.2. The van der Waals surface area contributed by atoms with Crippen LogP contribution < -0.4 is 4.72 Å². The largest absolute Gasteiger partial charge is 0.379 e. The van der Waals surface area contributed by atoms with Gasteiger partial charge in [-0.3, -0.25) is 4.90 Å². The van der Waals surface area contributed by atoms with Crippen LogP contribution >= 0.6 is 11.3 Å². The summed E-state index contributed by atoms with van der Waals surface area (Å²) < 4.78 is 31.0. The van der Waals surface area contributed by atoms with E-state index in [1.54, 1.807) is 11.3 Å². The van der Waals surface area contributed by atoms with Crippen LogP contribution in [-0.2, 0) is 14.8 Å². The molecule has 7 heteroatoms. The van der Waals surface area contributed by atoms with Crippen LogP contribution in [0.5, 0.6) is 0 Å². The smallest absolute Gasteiger partial charge is 0.209 e. The third kappa shape index (κ3) is 4.25. The maximum Gasteiger partial charge on any atom is 0.209 e. The Morgan fingerprint density at radius 3 is 2.63 bits per heavy atom. The molecule has 2 atom stereocenters. The van der Waals surface area contributed by atoms with Gasteiger partial charge in [0.1, 0.15) is 0 Å². The second kappa shape index (κ2) is 6.32. The first kappa shape index (κ1) is 14.9. The number of nitrogens with zero attached hydrogens (tertiary/aromatic N) is 1. The summed E-state index contributed by atoms with van der Waals surface area (Å²) in [5, 5.41) is 2.02. The van der Waals surface area contributed by atoms with E-state index in [1.165, 1.54) is 11.1 Å². The van der Waals surface area contributed by atoms with E-state index in [1.807, 2.05) is 18.4 Å². The van der Waals surface area contributed by atoms with Crippen molar-refractivity contribution in [2.45, 2.75) is 19.0 Å². The molecule has 5 nitrogen and oxygen atoms in total. The summed E-state index contributed by atoms with van der Waals surface area (Å²) in [7, 11) is -3.20. The second-order valence-electron chi connectivity index (χ2n) is 4.79. The first-order chi connectivity index (χ1) is 8.97. The molecule has 19 heavy (non-hydrogen) atoms. The van der Waals surface area contributed by atoms with Gasteiger partial charge < -0.3 is 4.74 Å². The van der Waals surface area contributed by atoms with Crippen molar-refractivity contribution in [3.63, 3.8) is 0 Å². The summed E-state index contributed by atoms with van der Waals surface area (Å²) in [6, 6.07) is 3.97. The van der Waals surface area contributed by atoms with E-state index in [0.29, 0.717) is 13.2 Å². The molecule has 0 radical (unpaired) electrons. The summed E-state index contributed by atoms with van der Waals surface area (Å²) in [4.78, 5) is 3.48. The lowest BCUT2D eigenvalue weighted by atomic mass is 10.1. The van der Waals surface area contributed by atoms with E-state index in [4.69, 9.17) is 4.74 Å². The lowest BCUT2D eigenvalue weighted by Gasteiger charge is -2.37. The van der Waals surface area contributed by atoms with Gasteiger partial charge in [-0.05, 0) is 18.4 Å². The summed E-state index contributed by atoms with van der Waals surface area (Å²) in [6.45, 7) is 4.98. The van der Waals surface area contributed by atoms with Gasteiger partial charge in [0.2, 0.25) is 10.0 Å². The standard InChI is InChI=1S/C12H20N2O3S2/c1-10(13-19(2,15)16)12(11-4-3-9-18-11)14-5-7-17-8-6-14/h3-4,9-10,12-13H,5-8H2,1-2H3. The van der Waals surface area contributed by atoms with Crippen molar-refractivity contribution in [3.8, 4) is 0 Å². The Kier molecular flexibility index (Phi) is 4.97. The lowest BCUT2D eigenvalue weighted by molar-refractivity contribution is 0.0113. The fourth-order valence-electron chi connectivity index (χ4n) is 2.46. The van der Waals surface area contributed by atoms with Crippen LogP contribution in [0, 0.1) is 0 Å². The highest BCUT2D eigenvalue weighted by Crippen LogP contribution is 2.29. The number of ether oxygens (including phenoxy) is 1. The number of morpholine rings is 1. The number of thiophene rings is 1. The van der Waals surface area contributed by atoms with Crippen LogP contribution in [0.15, 0.2) is 17.5 Å². The Bertz CT molecular complexity index is 481. The summed E-state index contributed by atoms with van der Waals surface area (Å²) in [5.74, 6) is 0. The molecule has 1 aliphatic heterocycles. The van der Waals surface area contributed by atoms with Crippen LogP contribution in [0.3, 0.4) is 0 Å². The predicted molar refractivity (Wildman–Crippen MR) is 76.9 cm³/mol. The molecule has 0 bridgehead atoms. The molecule has 1 fully saturated rings. The van der Waals surface area contributed by atoms with Crippen molar-refractivity contribution in [1.29, 1.82) is 0 Å². The second-order valence-corrected chi connectivity index (χ2v) is 7.55. The van der Waals surface area contributed by atoms with E-state index in [-0.39, 0.29) is 12.1 Å². The molecular formula is C12H20N2O3S2. The zero-order valence-electron chi connectivity index (χ0n) is 11.2. The van der Waals surface area contributed by atoms with Crippen molar-refractivity contribution in [1.82, 2.24) is 9.62 Å². The normalized spacial score (nSPS) is 21.2. The summed E-state index contributed by atoms with van der Waals surface area (Å²) in [6.07, 6.45) is 1.20. The van der Waals surface area contributed by atoms with Crippen LogP contribution in [-0.4, -0.2) is 51.9 Å². The fraction of sp³-hybridized carbons (Fsp3) is 0.667. The van der Waals surface area contributed by atoms with Gasteiger partial charge >= 0.3 is 0 Å². The first-order valence-electron chi connectivity index (χ1n) is 6.30. The maximum atomic E-state index is 11.4. The summed E-state index contributed by atoms with van der Waals surface area (Å²) in [5.41, 5.74) is 0. The molecule has 0 aromatic carbocycles. The number of hydrogen-bond donors (Lipinski definition) is 1. The average Bonchev–Trinajstić information content (AvgIpc) is 2.82. The van der Waals surface area contributed by atoms with Crippen molar-refractivity contribution >= 4 is 21.4 Å². The van der Waals surface area contributed by atoms with Gasteiger partial charge in [-0.25, -0.2) is 13.1 Å². The quantitative estimate of drug-likeness (QED) is 0.884. The van der Waals surface area contributed by atoms with Crippen LogP contribution in [0.25, 0.3) is 0 Å². The molecule has 0 amide bonds. The average molecular weight is 304 g/mol. The van der Waals surface area contributed by atoms with Crippen LogP contribution in [0.4, 0.5) is 0 Å². The van der Waals surface area contributed by atoms with E-state index in [2.05, 4.69) is 15.7 Å². The Morgan fingerprint density at radius 1 is 1.42 bits per heavy atom. The third-order valence-corrected chi connectivity index (χ3v) is 4.89. The molecule has 1 aromatic rings. The highest BCUT2D eigenvalue weighted by molar-refractivity contribution is 7.88. The Balaban J connectivity index is 2.18. The molecule has 2 rings (SSSR count). The highest BCUT2D eigenvalue weighted by Gasteiger charge is 2.29. The van der Waals surface area contributed by atoms with Gasteiger partial charge in [0.15, 0.2) is 0 Å². The maximum absolute atomic E-state index is 11.4. The molecule has 0 spiro atoms. The molecule has 108 valence electrons. The minimum Gasteiger partial charge on any atom is -0.379 e. The van der Waals surface area contributed by atoms with Crippen LogP contribution in [0.2, 0.25) is 0 Å². The minimum atomic E-state index is -3.20. The Labute approximate surface area is 118 Å². The van der Waals surface area contributed by atoms with Gasteiger partial charge in [-0.2, -0.15) is 0 Å². The predicted octanol–water partition coefficient (Wildman–Crippen LogP) is 1.06. The van der Waals surface area contributed by atoms with E-state index < -0.39 is 10.0 Å². The van der Waals surface area contributed by atoms with Crippen molar-refractivity contribution in [2.75, 3.05) is 32.6 Å². The fourth-order valence-corrected chi connectivity index (χ4v) is 4.23. The number of nitrogens with one attached hydrogen (secondary N) is 1.